The normalized spacial score (nSPS) is 10.5. The predicted octanol–water partition coefficient (Wildman–Crippen LogP) is 2.55. The fourth-order valence-electron chi connectivity index (χ4n) is 1.90. The van der Waals surface area contributed by atoms with E-state index in [9.17, 15) is 0 Å². The SMILES string of the molecule is N#Cc1cccc2c(Cn3ccnc3)coc12. The average Bonchev–Trinajstić information content (AvgIpc) is 2.99. The first-order valence-electron chi connectivity index (χ1n) is 5.23. The van der Waals surface area contributed by atoms with Crippen LogP contribution in [0.3, 0.4) is 0 Å². The van der Waals surface area contributed by atoms with Crippen molar-refractivity contribution in [1.82, 2.24) is 9.55 Å². The van der Waals surface area contributed by atoms with E-state index in [1.807, 2.05) is 22.9 Å². The van der Waals surface area contributed by atoms with E-state index >= 15 is 0 Å². The smallest absolute Gasteiger partial charge is 0.151 e. The molecule has 0 saturated carbocycles. The molecule has 0 amide bonds. The van der Waals surface area contributed by atoms with Crippen molar-refractivity contribution in [1.29, 1.82) is 5.26 Å². The summed E-state index contributed by atoms with van der Waals surface area (Å²) in [4.78, 5) is 4.00. The van der Waals surface area contributed by atoms with E-state index in [-0.39, 0.29) is 0 Å². The zero-order valence-corrected chi connectivity index (χ0v) is 9.00. The molecule has 4 heteroatoms. The molecule has 0 aliphatic carbocycles. The van der Waals surface area contributed by atoms with Gasteiger partial charge in [-0.15, -0.1) is 0 Å². The van der Waals surface area contributed by atoms with Gasteiger partial charge in [0.2, 0.25) is 0 Å². The molecule has 2 heterocycles. The van der Waals surface area contributed by atoms with Gasteiger partial charge in [0.15, 0.2) is 5.58 Å². The minimum atomic E-state index is 0.569. The number of benzene rings is 1. The molecule has 0 N–H and O–H groups in total. The highest BCUT2D eigenvalue weighted by Crippen LogP contribution is 2.24. The van der Waals surface area contributed by atoms with Crippen LogP contribution in [0, 0.1) is 11.3 Å². The van der Waals surface area contributed by atoms with Crippen molar-refractivity contribution in [2.24, 2.45) is 0 Å². The van der Waals surface area contributed by atoms with Crippen molar-refractivity contribution < 1.29 is 4.42 Å². The van der Waals surface area contributed by atoms with Gasteiger partial charge in [-0.25, -0.2) is 4.98 Å². The number of para-hydroxylation sites is 1. The van der Waals surface area contributed by atoms with Crippen molar-refractivity contribution in [2.75, 3.05) is 0 Å². The number of hydrogen-bond acceptors (Lipinski definition) is 3. The van der Waals surface area contributed by atoms with E-state index in [0.717, 1.165) is 10.9 Å². The Morgan fingerprint density at radius 1 is 1.41 bits per heavy atom. The summed E-state index contributed by atoms with van der Waals surface area (Å²) in [5, 5.41) is 9.96. The fourth-order valence-corrected chi connectivity index (χ4v) is 1.90. The van der Waals surface area contributed by atoms with Gasteiger partial charge < -0.3 is 8.98 Å². The van der Waals surface area contributed by atoms with Crippen LogP contribution in [0.2, 0.25) is 0 Å². The summed E-state index contributed by atoms with van der Waals surface area (Å²) >= 11 is 0. The summed E-state index contributed by atoms with van der Waals surface area (Å²) in [6.45, 7) is 0.696. The first-order valence-corrected chi connectivity index (χ1v) is 5.23. The molecular weight excluding hydrogens is 214 g/mol. The van der Waals surface area contributed by atoms with Gasteiger partial charge in [-0.1, -0.05) is 12.1 Å². The van der Waals surface area contributed by atoms with Crippen molar-refractivity contribution in [2.45, 2.75) is 6.54 Å². The molecule has 3 rings (SSSR count). The Morgan fingerprint density at radius 3 is 3.12 bits per heavy atom. The van der Waals surface area contributed by atoms with Gasteiger partial charge in [-0.2, -0.15) is 5.26 Å². The third-order valence-electron chi connectivity index (χ3n) is 2.71. The van der Waals surface area contributed by atoms with E-state index in [2.05, 4.69) is 11.1 Å². The minimum absolute atomic E-state index is 0.569. The molecule has 0 bridgehead atoms. The van der Waals surface area contributed by atoms with Crippen LogP contribution < -0.4 is 0 Å². The summed E-state index contributed by atoms with van der Waals surface area (Å²) in [7, 11) is 0. The first kappa shape index (κ1) is 9.67. The van der Waals surface area contributed by atoms with Gasteiger partial charge in [0.1, 0.15) is 6.07 Å². The molecule has 2 aromatic heterocycles. The van der Waals surface area contributed by atoms with Crippen molar-refractivity contribution >= 4 is 11.0 Å². The summed E-state index contributed by atoms with van der Waals surface area (Å²) in [5.41, 5.74) is 2.28. The van der Waals surface area contributed by atoms with Gasteiger partial charge in [0, 0.05) is 23.3 Å². The third-order valence-corrected chi connectivity index (χ3v) is 2.71. The van der Waals surface area contributed by atoms with Crippen molar-refractivity contribution in [3.8, 4) is 6.07 Å². The third kappa shape index (κ3) is 1.58. The largest absolute Gasteiger partial charge is 0.463 e. The lowest BCUT2D eigenvalue weighted by Crippen LogP contribution is -1.94. The number of imidazole rings is 1. The van der Waals surface area contributed by atoms with E-state index in [1.165, 1.54) is 0 Å². The average molecular weight is 223 g/mol. The monoisotopic (exact) mass is 223 g/mol. The number of hydrogen-bond donors (Lipinski definition) is 0. The molecule has 17 heavy (non-hydrogen) atoms. The highest BCUT2D eigenvalue weighted by atomic mass is 16.3. The van der Waals surface area contributed by atoms with Crippen LogP contribution in [0.4, 0.5) is 0 Å². The maximum atomic E-state index is 8.98. The van der Waals surface area contributed by atoms with Crippen molar-refractivity contribution in [3.05, 3.63) is 54.3 Å². The Bertz CT molecular complexity index is 689. The molecule has 1 aromatic carbocycles. The molecule has 0 radical (unpaired) electrons. The molecule has 0 saturated heterocycles. The Hall–Kier alpha value is -2.54. The number of fused-ring (bicyclic) bond motifs is 1. The van der Waals surface area contributed by atoms with Crippen LogP contribution >= 0.6 is 0 Å². The molecule has 3 aromatic rings. The first-order chi connectivity index (χ1) is 8.38. The lowest BCUT2D eigenvalue weighted by molar-refractivity contribution is 0.606. The van der Waals surface area contributed by atoms with E-state index in [1.54, 1.807) is 24.9 Å². The molecule has 0 aliphatic rings. The van der Waals surface area contributed by atoms with Crippen LogP contribution in [-0.2, 0) is 6.54 Å². The molecule has 4 nitrogen and oxygen atoms in total. The highest BCUT2D eigenvalue weighted by molar-refractivity contribution is 5.85. The minimum Gasteiger partial charge on any atom is -0.463 e. The number of aromatic nitrogens is 2. The fraction of sp³-hybridized carbons (Fsp3) is 0.0769. The Labute approximate surface area is 97.7 Å². The van der Waals surface area contributed by atoms with Gasteiger partial charge >= 0.3 is 0 Å². The second kappa shape index (κ2) is 3.80. The molecule has 82 valence electrons. The Kier molecular flexibility index (Phi) is 2.16. The number of furan rings is 1. The number of nitriles is 1. The van der Waals surface area contributed by atoms with E-state index in [4.69, 9.17) is 9.68 Å². The number of nitrogens with zero attached hydrogens (tertiary/aromatic N) is 3. The predicted molar refractivity (Wildman–Crippen MR) is 62.3 cm³/mol. The van der Waals surface area contributed by atoms with Crippen LogP contribution in [0.5, 0.6) is 0 Å². The summed E-state index contributed by atoms with van der Waals surface area (Å²) in [6.07, 6.45) is 7.09. The molecule has 0 aliphatic heterocycles. The highest BCUT2D eigenvalue weighted by Gasteiger charge is 2.09. The van der Waals surface area contributed by atoms with Crippen LogP contribution in [0.1, 0.15) is 11.1 Å². The molecule has 0 unspecified atom stereocenters. The zero-order valence-electron chi connectivity index (χ0n) is 9.00. The van der Waals surface area contributed by atoms with Gasteiger partial charge in [-0.05, 0) is 6.07 Å². The molecule has 0 spiro atoms. The van der Waals surface area contributed by atoms with E-state index in [0.29, 0.717) is 17.7 Å². The Morgan fingerprint density at radius 2 is 2.35 bits per heavy atom. The summed E-state index contributed by atoms with van der Waals surface area (Å²) in [6, 6.07) is 7.72. The summed E-state index contributed by atoms with van der Waals surface area (Å²) < 4.78 is 7.43. The van der Waals surface area contributed by atoms with Crippen molar-refractivity contribution in [3.63, 3.8) is 0 Å². The maximum absolute atomic E-state index is 8.98. The van der Waals surface area contributed by atoms with Crippen LogP contribution in [0.25, 0.3) is 11.0 Å². The second-order valence-electron chi connectivity index (χ2n) is 3.79. The lowest BCUT2D eigenvalue weighted by atomic mass is 10.1. The topological polar surface area (TPSA) is 54.8 Å². The standard InChI is InChI=1S/C13H9N3O/c14-6-10-2-1-3-12-11(8-17-13(10)12)7-16-5-4-15-9-16/h1-5,8-9H,7H2. The van der Waals surface area contributed by atoms with Gasteiger partial charge in [0.25, 0.3) is 0 Å². The van der Waals surface area contributed by atoms with Crippen LogP contribution in [0.15, 0.2) is 47.6 Å². The van der Waals surface area contributed by atoms with Crippen LogP contribution in [-0.4, -0.2) is 9.55 Å². The second-order valence-corrected chi connectivity index (χ2v) is 3.79. The quantitative estimate of drug-likeness (QED) is 0.670. The molecule has 0 atom stereocenters. The maximum Gasteiger partial charge on any atom is 0.151 e. The number of rotatable bonds is 2. The molecular formula is C13H9N3O. The summed E-state index contributed by atoms with van der Waals surface area (Å²) in [5.74, 6) is 0. The zero-order chi connectivity index (χ0) is 11.7. The van der Waals surface area contributed by atoms with E-state index < -0.39 is 0 Å². The lowest BCUT2D eigenvalue weighted by Gasteiger charge is -1.99. The van der Waals surface area contributed by atoms with Gasteiger partial charge in [-0.3, -0.25) is 0 Å². The van der Waals surface area contributed by atoms with Gasteiger partial charge in [0.05, 0.1) is 24.7 Å². The molecule has 0 fully saturated rings. The Balaban J connectivity index is 2.10.